The Morgan fingerprint density at radius 3 is 2.48 bits per heavy atom. The third-order valence-corrected chi connectivity index (χ3v) is 3.91. The fourth-order valence-electron chi connectivity index (χ4n) is 2.32. The van der Waals surface area contributed by atoms with Crippen molar-refractivity contribution in [2.75, 3.05) is 10.6 Å². The maximum absolute atomic E-state index is 13.3. The predicted molar refractivity (Wildman–Crippen MR) is 100.0 cm³/mol. The molecule has 6 heteroatoms. The Morgan fingerprint density at radius 1 is 1.00 bits per heavy atom. The summed E-state index contributed by atoms with van der Waals surface area (Å²) in [5.74, 6) is 0.685. The van der Waals surface area contributed by atoms with Crippen molar-refractivity contribution in [2.24, 2.45) is 0 Å². The maximum Gasteiger partial charge on any atom is 0.225 e. The van der Waals surface area contributed by atoms with E-state index >= 15 is 0 Å². The lowest BCUT2D eigenvalue weighted by Crippen LogP contribution is -2.06. The first-order chi connectivity index (χ1) is 12.0. The molecule has 0 amide bonds. The van der Waals surface area contributed by atoms with Gasteiger partial charge in [-0.25, -0.2) is 9.37 Å². The standard InChI is InChI=1S/C19H18ClFN4/c1-12-3-5-14(6-4-12)11-22-19-23-13(2)9-18(25-19)24-15-7-8-17(21)16(20)10-15/h3-10H,11H2,1-2H3,(H2,22,23,24,25). The van der Waals surface area contributed by atoms with Crippen LogP contribution in [0.15, 0.2) is 48.5 Å². The van der Waals surface area contributed by atoms with Gasteiger partial charge >= 0.3 is 0 Å². The highest BCUT2D eigenvalue weighted by molar-refractivity contribution is 6.31. The summed E-state index contributed by atoms with van der Waals surface area (Å²) >= 11 is 5.81. The molecule has 0 bridgehead atoms. The van der Waals surface area contributed by atoms with Crippen LogP contribution in [0.3, 0.4) is 0 Å². The average molecular weight is 357 g/mol. The maximum atomic E-state index is 13.3. The van der Waals surface area contributed by atoms with Crippen LogP contribution in [0.1, 0.15) is 16.8 Å². The van der Waals surface area contributed by atoms with Crippen molar-refractivity contribution in [3.63, 3.8) is 0 Å². The lowest BCUT2D eigenvalue weighted by molar-refractivity contribution is 0.628. The average Bonchev–Trinajstić information content (AvgIpc) is 2.57. The molecule has 0 unspecified atom stereocenters. The van der Waals surface area contributed by atoms with E-state index in [0.717, 1.165) is 11.3 Å². The summed E-state index contributed by atoms with van der Waals surface area (Å²) in [6.07, 6.45) is 0. The molecule has 0 fully saturated rings. The number of halogens is 2. The smallest absolute Gasteiger partial charge is 0.225 e. The quantitative estimate of drug-likeness (QED) is 0.656. The van der Waals surface area contributed by atoms with Crippen molar-refractivity contribution >= 4 is 29.1 Å². The van der Waals surface area contributed by atoms with Crippen molar-refractivity contribution in [1.29, 1.82) is 0 Å². The number of rotatable bonds is 5. The van der Waals surface area contributed by atoms with Gasteiger partial charge in [-0.15, -0.1) is 0 Å². The largest absolute Gasteiger partial charge is 0.350 e. The molecule has 0 aliphatic heterocycles. The van der Waals surface area contributed by atoms with Crippen LogP contribution in [-0.4, -0.2) is 9.97 Å². The molecular weight excluding hydrogens is 339 g/mol. The molecule has 3 rings (SSSR count). The van der Waals surface area contributed by atoms with Crippen LogP contribution in [0.25, 0.3) is 0 Å². The zero-order chi connectivity index (χ0) is 17.8. The Hall–Kier alpha value is -2.66. The predicted octanol–water partition coefficient (Wildman–Crippen LogP) is 5.24. The Kier molecular flexibility index (Phi) is 5.14. The molecule has 1 aromatic heterocycles. The highest BCUT2D eigenvalue weighted by atomic mass is 35.5. The SMILES string of the molecule is Cc1ccc(CNc2nc(C)cc(Nc3ccc(F)c(Cl)c3)n2)cc1. The Morgan fingerprint density at radius 2 is 1.76 bits per heavy atom. The van der Waals surface area contributed by atoms with Crippen LogP contribution in [0.4, 0.5) is 21.8 Å². The number of nitrogens with one attached hydrogen (secondary N) is 2. The molecule has 3 aromatic rings. The number of benzene rings is 2. The first kappa shape index (κ1) is 17.2. The number of hydrogen-bond donors (Lipinski definition) is 2. The van der Waals surface area contributed by atoms with Crippen molar-refractivity contribution in [2.45, 2.75) is 20.4 Å². The first-order valence-electron chi connectivity index (χ1n) is 7.87. The van der Waals surface area contributed by atoms with E-state index in [1.165, 1.54) is 17.7 Å². The van der Waals surface area contributed by atoms with Gasteiger partial charge in [0.05, 0.1) is 5.02 Å². The monoisotopic (exact) mass is 356 g/mol. The van der Waals surface area contributed by atoms with Gasteiger partial charge in [-0.1, -0.05) is 41.4 Å². The third kappa shape index (κ3) is 4.67. The van der Waals surface area contributed by atoms with Crippen LogP contribution < -0.4 is 10.6 Å². The first-order valence-corrected chi connectivity index (χ1v) is 8.24. The van der Waals surface area contributed by atoms with Gasteiger partial charge in [-0.05, 0) is 37.6 Å². The number of aromatic nitrogens is 2. The third-order valence-electron chi connectivity index (χ3n) is 3.62. The Balaban J connectivity index is 1.73. The molecule has 128 valence electrons. The van der Waals surface area contributed by atoms with E-state index < -0.39 is 5.82 Å². The summed E-state index contributed by atoms with van der Waals surface area (Å²) in [4.78, 5) is 8.83. The van der Waals surface area contributed by atoms with Crippen LogP contribution in [-0.2, 0) is 6.54 Å². The second-order valence-electron chi connectivity index (χ2n) is 5.81. The van der Waals surface area contributed by atoms with Gasteiger partial charge in [-0.3, -0.25) is 0 Å². The van der Waals surface area contributed by atoms with Crippen LogP contribution in [0, 0.1) is 19.7 Å². The van der Waals surface area contributed by atoms with Crippen LogP contribution in [0.5, 0.6) is 0 Å². The molecule has 0 atom stereocenters. The molecule has 1 heterocycles. The molecule has 4 nitrogen and oxygen atoms in total. The van der Waals surface area contributed by atoms with Crippen LogP contribution >= 0.6 is 11.6 Å². The molecule has 2 aromatic carbocycles. The highest BCUT2D eigenvalue weighted by Gasteiger charge is 2.05. The van der Waals surface area contributed by atoms with E-state index in [9.17, 15) is 4.39 Å². The summed E-state index contributed by atoms with van der Waals surface area (Å²) < 4.78 is 13.3. The molecule has 0 saturated heterocycles. The van der Waals surface area contributed by atoms with E-state index in [4.69, 9.17) is 11.6 Å². The zero-order valence-electron chi connectivity index (χ0n) is 14.0. The zero-order valence-corrected chi connectivity index (χ0v) is 14.7. The Bertz CT molecular complexity index is 881. The molecule has 0 saturated carbocycles. The second-order valence-corrected chi connectivity index (χ2v) is 6.22. The molecule has 0 radical (unpaired) electrons. The molecule has 25 heavy (non-hydrogen) atoms. The van der Waals surface area contributed by atoms with Gasteiger partial charge in [0.1, 0.15) is 11.6 Å². The van der Waals surface area contributed by atoms with E-state index in [1.807, 2.05) is 13.0 Å². The number of hydrogen-bond acceptors (Lipinski definition) is 4. The van der Waals surface area contributed by atoms with Gasteiger partial charge < -0.3 is 10.6 Å². The van der Waals surface area contributed by atoms with Crippen molar-refractivity contribution < 1.29 is 4.39 Å². The number of aryl methyl sites for hydroxylation is 2. The Labute approximate surface area is 151 Å². The molecule has 0 spiro atoms. The lowest BCUT2D eigenvalue weighted by Gasteiger charge is -2.10. The van der Waals surface area contributed by atoms with Gasteiger partial charge in [0.15, 0.2) is 0 Å². The summed E-state index contributed by atoms with van der Waals surface area (Å²) in [5, 5.41) is 6.40. The molecular formula is C19H18ClFN4. The number of nitrogens with zero attached hydrogens (tertiary/aromatic N) is 2. The normalized spacial score (nSPS) is 10.6. The van der Waals surface area contributed by atoms with Crippen molar-refractivity contribution in [3.8, 4) is 0 Å². The van der Waals surface area contributed by atoms with E-state index in [-0.39, 0.29) is 5.02 Å². The molecule has 2 N–H and O–H groups in total. The van der Waals surface area contributed by atoms with Crippen molar-refractivity contribution in [3.05, 3.63) is 76.2 Å². The summed E-state index contributed by atoms with van der Waals surface area (Å²) in [6.45, 7) is 4.58. The highest BCUT2D eigenvalue weighted by Crippen LogP contribution is 2.22. The van der Waals surface area contributed by atoms with Crippen molar-refractivity contribution in [1.82, 2.24) is 9.97 Å². The topological polar surface area (TPSA) is 49.8 Å². The fraction of sp³-hybridized carbons (Fsp3) is 0.158. The van der Waals surface area contributed by atoms with Gasteiger partial charge in [0.25, 0.3) is 0 Å². The summed E-state index contributed by atoms with van der Waals surface area (Å²) in [7, 11) is 0. The minimum Gasteiger partial charge on any atom is -0.350 e. The summed E-state index contributed by atoms with van der Waals surface area (Å²) in [6, 6.07) is 14.5. The second kappa shape index (κ2) is 7.49. The molecule has 0 aliphatic rings. The minimum atomic E-state index is -0.452. The van der Waals surface area contributed by atoms with Gasteiger partial charge in [0.2, 0.25) is 5.95 Å². The lowest BCUT2D eigenvalue weighted by atomic mass is 10.1. The van der Waals surface area contributed by atoms with E-state index in [2.05, 4.69) is 51.8 Å². The minimum absolute atomic E-state index is 0.0634. The van der Waals surface area contributed by atoms with Crippen LogP contribution in [0.2, 0.25) is 5.02 Å². The molecule has 0 aliphatic carbocycles. The van der Waals surface area contributed by atoms with E-state index in [1.54, 1.807) is 6.07 Å². The van der Waals surface area contributed by atoms with E-state index in [0.29, 0.717) is 24.0 Å². The van der Waals surface area contributed by atoms with Gasteiger partial charge in [-0.2, -0.15) is 4.98 Å². The number of anilines is 3. The summed E-state index contributed by atoms with van der Waals surface area (Å²) in [5.41, 5.74) is 3.85. The fourth-order valence-corrected chi connectivity index (χ4v) is 2.50. The van der Waals surface area contributed by atoms with Gasteiger partial charge in [0, 0.05) is 24.0 Å².